The van der Waals surface area contributed by atoms with E-state index in [2.05, 4.69) is 95.4 Å². The summed E-state index contributed by atoms with van der Waals surface area (Å²) in [5, 5.41) is 5.33. The van der Waals surface area contributed by atoms with Crippen molar-refractivity contribution in [3.8, 4) is 0 Å². The van der Waals surface area contributed by atoms with Gasteiger partial charge in [0.25, 0.3) is 0 Å². The minimum absolute atomic E-state index is 1.28. The normalized spacial score (nSPS) is 12.6. The average Bonchev–Trinajstić information content (AvgIpc) is 3.21. The molecule has 7 aromatic rings. The number of fused-ring (bicyclic) bond motifs is 8. The van der Waals surface area contributed by atoms with Crippen molar-refractivity contribution in [1.29, 1.82) is 0 Å². The summed E-state index contributed by atoms with van der Waals surface area (Å²) < 4.78 is 4.96. The predicted molar refractivity (Wildman–Crippen MR) is 119 cm³/mol. The van der Waals surface area contributed by atoms with Crippen LogP contribution in [0.2, 0.25) is 0 Å². The summed E-state index contributed by atoms with van der Waals surface area (Å²) >= 11 is 0. The highest BCUT2D eigenvalue weighted by Crippen LogP contribution is 2.41. The number of benzene rings is 4. The van der Waals surface area contributed by atoms with Crippen molar-refractivity contribution in [1.82, 2.24) is 8.80 Å². The topological polar surface area (TPSA) is 8.82 Å². The molecule has 4 aromatic carbocycles. The number of aryl methyl sites for hydroxylation is 2. The largest absolute Gasteiger partial charge is 0.305 e. The molecular formula is C26H18N2. The molecule has 0 saturated carbocycles. The van der Waals surface area contributed by atoms with Gasteiger partial charge in [0.15, 0.2) is 0 Å². The molecule has 0 fully saturated rings. The van der Waals surface area contributed by atoms with E-state index in [0.717, 1.165) is 0 Å². The van der Waals surface area contributed by atoms with Crippen molar-refractivity contribution in [3.05, 3.63) is 83.9 Å². The van der Waals surface area contributed by atoms with Crippen LogP contribution in [0, 0.1) is 13.8 Å². The van der Waals surface area contributed by atoms with Crippen LogP contribution in [0.3, 0.4) is 0 Å². The van der Waals surface area contributed by atoms with Gasteiger partial charge in [-0.2, -0.15) is 0 Å². The van der Waals surface area contributed by atoms with Gasteiger partial charge in [0.1, 0.15) is 0 Å². The van der Waals surface area contributed by atoms with Gasteiger partial charge in [0.05, 0.1) is 33.1 Å². The average molecular weight is 358 g/mol. The molecule has 0 aliphatic heterocycles. The second-order valence-corrected chi connectivity index (χ2v) is 8.07. The Morgan fingerprint density at radius 3 is 1.36 bits per heavy atom. The van der Waals surface area contributed by atoms with Crippen molar-refractivity contribution >= 4 is 54.6 Å². The van der Waals surface area contributed by atoms with Gasteiger partial charge in [-0.25, -0.2) is 0 Å². The maximum absolute atomic E-state index is 2.48. The summed E-state index contributed by atoms with van der Waals surface area (Å²) in [5.41, 5.74) is 10.4. The van der Waals surface area contributed by atoms with E-state index in [1.165, 1.54) is 65.8 Å². The van der Waals surface area contributed by atoms with Gasteiger partial charge in [-0.3, -0.25) is 0 Å². The van der Waals surface area contributed by atoms with Crippen LogP contribution in [0.4, 0.5) is 0 Å². The number of para-hydroxylation sites is 2. The predicted octanol–water partition coefficient (Wildman–Crippen LogP) is 6.86. The SMILES string of the molecule is Cc1cc2c3ccccc3n3c4cc(C)cc5c6ccccc6n(c(c1)c23)c54. The molecule has 132 valence electrons. The Morgan fingerprint density at radius 1 is 0.464 bits per heavy atom. The van der Waals surface area contributed by atoms with Gasteiger partial charge in [-0.05, 0) is 61.4 Å². The molecule has 0 spiro atoms. The molecule has 0 bridgehead atoms. The van der Waals surface area contributed by atoms with Gasteiger partial charge in [-0.15, -0.1) is 0 Å². The van der Waals surface area contributed by atoms with E-state index in [4.69, 9.17) is 0 Å². The fraction of sp³-hybridized carbons (Fsp3) is 0.0769. The molecule has 0 aliphatic rings. The molecule has 2 nitrogen and oxygen atoms in total. The lowest BCUT2D eigenvalue weighted by Crippen LogP contribution is -1.98. The summed E-state index contributed by atoms with van der Waals surface area (Å²) in [5.74, 6) is 0. The monoisotopic (exact) mass is 358 g/mol. The number of rotatable bonds is 0. The molecule has 0 saturated heterocycles. The van der Waals surface area contributed by atoms with E-state index in [9.17, 15) is 0 Å². The summed E-state index contributed by atoms with van der Waals surface area (Å²) in [4.78, 5) is 0. The summed E-state index contributed by atoms with van der Waals surface area (Å²) in [7, 11) is 0. The standard InChI is InChI=1S/C26H18N2/c1-15-11-19-17-7-3-5-9-21(17)28-24-14-16(2)12-20-18-8-4-6-10-22(18)27(26(20)24)23(13-15)25(19)28/h3-14H,1-2H3. The van der Waals surface area contributed by atoms with E-state index in [-0.39, 0.29) is 0 Å². The second kappa shape index (κ2) is 4.66. The first kappa shape index (κ1) is 14.5. The number of hydrogen-bond donors (Lipinski definition) is 0. The summed E-state index contributed by atoms with van der Waals surface area (Å²) in [6.45, 7) is 4.41. The summed E-state index contributed by atoms with van der Waals surface area (Å²) in [6, 6.07) is 26.9. The molecule has 0 N–H and O–H groups in total. The van der Waals surface area contributed by atoms with Crippen molar-refractivity contribution < 1.29 is 0 Å². The van der Waals surface area contributed by atoms with Crippen LogP contribution in [0.15, 0.2) is 72.8 Å². The van der Waals surface area contributed by atoms with Crippen molar-refractivity contribution in [2.75, 3.05) is 0 Å². The minimum atomic E-state index is 1.28. The van der Waals surface area contributed by atoms with Crippen molar-refractivity contribution in [3.63, 3.8) is 0 Å². The molecule has 0 unspecified atom stereocenters. The Kier molecular flexibility index (Phi) is 2.42. The third kappa shape index (κ3) is 1.52. The Balaban J connectivity index is 2.01. The maximum Gasteiger partial charge on any atom is 0.0783 e. The second-order valence-electron chi connectivity index (χ2n) is 8.07. The van der Waals surface area contributed by atoms with Crippen molar-refractivity contribution in [2.45, 2.75) is 13.8 Å². The molecule has 3 heterocycles. The molecule has 3 aromatic heterocycles. The molecule has 0 radical (unpaired) electrons. The molecule has 0 aliphatic carbocycles. The van der Waals surface area contributed by atoms with Crippen LogP contribution in [0.25, 0.3) is 54.6 Å². The Morgan fingerprint density at radius 2 is 0.893 bits per heavy atom. The van der Waals surface area contributed by atoms with Crippen LogP contribution >= 0.6 is 0 Å². The first-order chi connectivity index (χ1) is 13.7. The third-order valence-corrected chi connectivity index (χ3v) is 6.27. The molecule has 28 heavy (non-hydrogen) atoms. The van der Waals surface area contributed by atoms with Gasteiger partial charge in [-0.1, -0.05) is 36.4 Å². The Bertz CT molecular complexity index is 1600. The van der Waals surface area contributed by atoms with E-state index in [1.807, 2.05) is 0 Å². The highest BCUT2D eigenvalue weighted by atomic mass is 15.0. The summed E-state index contributed by atoms with van der Waals surface area (Å²) in [6.07, 6.45) is 0. The van der Waals surface area contributed by atoms with E-state index in [1.54, 1.807) is 0 Å². The molecule has 0 amide bonds. The smallest absolute Gasteiger partial charge is 0.0783 e. The third-order valence-electron chi connectivity index (χ3n) is 6.27. The van der Waals surface area contributed by atoms with Crippen LogP contribution in [-0.4, -0.2) is 8.80 Å². The lowest BCUT2D eigenvalue weighted by atomic mass is 10.1. The number of nitrogens with zero attached hydrogens (tertiary/aromatic N) is 2. The van der Waals surface area contributed by atoms with Gasteiger partial charge in [0, 0.05) is 21.5 Å². The van der Waals surface area contributed by atoms with Crippen molar-refractivity contribution in [2.24, 2.45) is 0 Å². The lowest BCUT2D eigenvalue weighted by molar-refractivity contribution is 1.25. The van der Waals surface area contributed by atoms with Crippen LogP contribution in [0.5, 0.6) is 0 Å². The van der Waals surface area contributed by atoms with E-state index in [0.29, 0.717) is 0 Å². The zero-order chi connectivity index (χ0) is 18.6. The van der Waals surface area contributed by atoms with Crippen LogP contribution < -0.4 is 0 Å². The Hall–Kier alpha value is -3.52. The maximum atomic E-state index is 2.48. The highest BCUT2D eigenvalue weighted by Gasteiger charge is 2.20. The van der Waals surface area contributed by atoms with Gasteiger partial charge >= 0.3 is 0 Å². The fourth-order valence-electron chi connectivity index (χ4n) is 5.28. The molecular weight excluding hydrogens is 340 g/mol. The first-order valence-corrected chi connectivity index (χ1v) is 9.81. The number of hydrogen-bond acceptors (Lipinski definition) is 0. The lowest BCUT2D eigenvalue weighted by Gasteiger charge is -2.12. The minimum Gasteiger partial charge on any atom is -0.305 e. The van der Waals surface area contributed by atoms with E-state index >= 15 is 0 Å². The zero-order valence-corrected chi connectivity index (χ0v) is 15.8. The zero-order valence-electron chi connectivity index (χ0n) is 15.8. The van der Waals surface area contributed by atoms with Gasteiger partial charge < -0.3 is 8.80 Å². The fourth-order valence-corrected chi connectivity index (χ4v) is 5.28. The quantitative estimate of drug-likeness (QED) is 0.262. The van der Waals surface area contributed by atoms with Crippen LogP contribution in [-0.2, 0) is 0 Å². The number of aromatic nitrogens is 2. The highest BCUT2D eigenvalue weighted by molar-refractivity contribution is 6.21. The Labute approximate surface area is 161 Å². The molecule has 0 atom stereocenters. The van der Waals surface area contributed by atoms with E-state index < -0.39 is 0 Å². The van der Waals surface area contributed by atoms with Gasteiger partial charge in [0.2, 0.25) is 0 Å². The molecule has 2 heteroatoms. The molecule has 7 rings (SSSR count). The van der Waals surface area contributed by atoms with Crippen LogP contribution in [0.1, 0.15) is 11.1 Å². The first-order valence-electron chi connectivity index (χ1n) is 9.81.